The molecule has 0 aliphatic carbocycles. The highest BCUT2D eigenvalue weighted by atomic mass is 16.6. The molecule has 1 fully saturated rings. The zero-order valence-corrected chi connectivity index (χ0v) is 9.69. The Morgan fingerprint density at radius 2 is 1.94 bits per heavy atom. The fourth-order valence-corrected chi connectivity index (χ4v) is 1.73. The van der Waals surface area contributed by atoms with E-state index in [0.29, 0.717) is 6.54 Å². The van der Waals surface area contributed by atoms with E-state index in [9.17, 15) is 4.79 Å². The summed E-state index contributed by atoms with van der Waals surface area (Å²) in [6.45, 7) is 4.36. The number of nitrogens with zero attached hydrogens (tertiary/aromatic N) is 1. The highest BCUT2D eigenvalue weighted by Gasteiger charge is 2.38. The third kappa shape index (κ3) is 1.96. The van der Waals surface area contributed by atoms with Gasteiger partial charge in [0.1, 0.15) is 11.4 Å². The number of benzene rings is 1. The van der Waals surface area contributed by atoms with Crippen LogP contribution in [0.2, 0.25) is 0 Å². The van der Waals surface area contributed by atoms with Crippen LogP contribution in [0.3, 0.4) is 0 Å². The van der Waals surface area contributed by atoms with Gasteiger partial charge in [0.25, 0.3) is 0 Å². The molecule has 0 saturated carbocycles. The zero-order valence-electron chi connectivity index (χ0n) is 9.69. The summed E-state index contributed by atoms with van der Waals surface area (Å²) in [4.78, 5) is 13.2. The van der Waals surface area contributed by atoms with Crippen LogP contribution in [-0.2, 0) is 4.74 Å². The van der Waals surface area contributed by atoms with Gasteiger partial charge < -0.3 is 9.47 Å². The van der Waals surface area contributed by atoms with Crippen LogP contribution in [-0.4, -0.2) is 25.3 Å². The van der Waals surface area contributed by atoms with Crippen LogP contribution < -0.4 is 9.64 Å². The van der Waals surface area contributed by atoms with Gasteiger partial charge in [-0.05, 0) is 38.1 Å². The van der Waals surface area contributed by atoms with E-state index in [1.807, 2.05) is 38.1 Å². The van der Waals surface area contributed by atoms with Crippen molar-refractivity contribution >= 4 is 11.8 Å². The van der Waals surface area contributed by atoms with Gasteiger partial charge in [0, 0.05) is 5.69 Å². The first-order valence-electron chi connectivity index (χ1n) is 5.16. The van der Waals surface area contributed by atoms with Gasteiger partial charge in [0.05, 0.1) is 13.7 Å². The molecule has 0 N–H and O–H groups in total. The molecule has 0 bridgehead atoms. The molecule has 0 spiro atoms. The normalized spacial score (nSPS) is 18.4. The fourth-order valence-electron chi connectivity index (χ4n) is 1.73. The lowest BCUT2D eigenvalue weighted by molar-refractivity contribution is 0.0871. The molecule has 16 heavy (non-hydrogen) atoms. The Morgan fingerprint density at radius 1 is 1.31 bits per heavy atom. The highest BCUT2D eigenvalue weighted by Crippen LogP contribution is 2.28. The zero-order chi connectivity index (χ0) is 11.8. The Bertz CT molecular complexity index is 397. The number of amides is 1. The summed E-state index contributed by atoms with van der Waals surface area (Å²) < 4.78 is 10.3. The van der Waals surface area contributed by atoms with E-state index in [1.54, 1.807) is 12.0 Å². The lowest BCUT2D eigenvalue weighted by Crippen LogP contribution is -2.28. The molecule has 1 aliphatic rings. The Labute approximate surface area is 94.8 Å². The average Bonchev–Trinajstić information content (AvgIpc) is 2.52. The molecular formula is C12H15NO3. The molecule has 1 amide bonds. The molecule has 0 aromatic heterocycles. The molecule has 1 aromatic carbocycles. The minimum atomic E-state index is -0.420. The van der Waals surface area contributed by atoms with Crippen molar-refractivity contribution in [3.63, 3.8) is 0 Å². The Balaban J connectivity index is 2.21. The first kappa shape index (κ1) is 10.8. The Morgan fingerprint density at radius 3 is 2.38 bits per heavy atom. The van der Waals surface area contributed by atoms with Crippen molar-refractivity contribution in [2.75, 3.05) is 18.6 Å². The maximum absolute atomic E-state index is 11.6. The maximum Gasteiger partial charge on any atom is 0.415 e. The van der Waals surface area contributed by atoms with Crippen LogP contribution in [0, 0.1) is 0 Å². The van der Waals surface area contributed by atoms with Crippen molar-refractivity contribution in [1.82, 2.24) is 0 Å². The number of carbonyl (C=O) groups is 1. The molecule has 1 aromatic rings. The van der Waals surface area contributed by atoms with Gasteiger partial charge in [-0.3, -0.25) is 4.90 Å². The SMILES string of the molecule is COc1ccc(N2CC(C)(C)OC2=O)cc1. The van der Waals surface area contributed by atoms with Crippen molar-refractivity contribution in [3.8, 4) is 5.75 Å². The van der Waals surface area contributed by atoms with Crippen LogP contribution >= 0.6 is 0 Å². The number of anilines is 1. The second kappa shape index (κ2) is 3.70. The number of hydrogen-bond donors (Lipinski definition) is 0. The Kier molecular flexibility index (Phi) is 2.50. The van der Waals surface area contributed by atoms with Crippen molar-refractivity contribution in [2.24, 2.45) is 0 Å². The molecule has 1 aliphatic heterocycles. The van der Waals surface area contributed by atoms with E-state index in [-0.39, 0.29) is 6.09 Å². The number of carbonyl (C=O) groups excluding carboxylic acids is 1. The van der Waals surface area contributed by atoms with Crippen LogP contribution in [0.15, 0.2) is 24.3 Å². The van der Waals surface area contributed by atoms with Gasteiger partial charge in [0.2, 0.25) is 0 Å². The minimum absolute atomic E-state index is 0.296. The van der Waals surface area contributed by atoms with Gasteiger partial charge >= 0.3 is 6.09 Å². The Hall–Kier alpha value is -1.71. The molecule has 1 heterocycles. The van der Waals surface area contributed by atoms with Crippen molar-refractivity contribution in [3.05, 3.63) is 24.3 Å². The minimum Gasteiger partial charge on any atom is -0.497 e. The van der Waals surface area contributed by atoms with E-state index >= 15 is 0 Å². The first-order chi connectivity index (χ1) is 7.52. The number of cyclic esters (lactones) is 1. The molecule has 0 radical (unpaired) electrons. The lowest BCUT2D eigenvalue weighted by atomic mass is 10.1. The fraction of sp³-hybridized carbons (Fsp3) is 0.417. The second-order valence-electron chi connectivity index (χ2n) is 4.41. The summed E-state index contributed by atoms with van der Waals surface area (Å²) in [5, 5.41) is 0. The van der Waals surface area contributed by atoms with E-state index < -0.39 is 5.60 Å². The third-order valence-corrected chi connectivity index (χ3v) is 2.51. The van der Waals surface area contributed by atoms with E-state index in [4.69, 9.17) is 9.47 Å². The van der Waals surface area contributed by atoms with E-state index in [0.717, 1.165) is 11.4 Å². The summed E-state index contributed by atoms with van der Waals surface area (Å²) in [7, 11) is 1.61. The molecule has 86 valence electrons. The highest BCUT2D eigenvalue weighted by molar-refractivity contribution is 5.90. The van der Waals surface area contributed by atoms with E-state index in [2.05, 4.69) is 0 Å². The predicted octanol–water partition coefficient (Wildman–Crippen LogP) is 2.43. The van der Waals surface area contributed by atoms with Crippen LogP contribution in [0.1, 0.15) is 13.8 Å². The standard InChI is InChI=1S/C12H15NO3/c1-12(2)8-13(11(14)16-12)9-4-6-10(15-3)7-5-9/h4-7H,8H2,1-3H3. The number of methoxy groups -OCH3 is 1. The molecule has 4 heteroatoms. The summed E-state index contributed by atoms with van der Waals surface area (Å²) in [5.74, 6) is 0.774. The van der Waals surface area contributed by atoms with Crippen molar-refractivity contribution < 1.29 is 14.3 Å². The summed E-state index contributed by atoms with van der Waals surface area (Å²) in [6.07, 6.45) is -0.296. The van der Waals surface area contributed by atoms with Crippen LogP contribution in [0.5, 0.6) is 5.75 Å². The number of rotatable bonds is 2. The average molecular weight is 221 g/mol. The smallest absolute Gasteiger partial charge is 0.415 e. The number of ether oxygens (including phenoxy) is 2. The summed E-state index contributed by atoms with van der Waals surface area (Å²) in [5.41, 5.74) is 0.410. The van der Waals surface area contributed by atoms with Crippen LogP contribution in [0.25, 0.3) is 0 Å². The molecule has 0 unspecified atom stereocenters. The van der Waals surface area contributed by atoms with Crippen LogP contribution in [0.4, 0.5) is 10.5 Å². The predicted molar refractivity (Wildman–Crippen MR) is 60.9 cm³/mol. The molecule has 1 saturated heterocycles. The largest absolute Gasteiger partial charge is 0.497 e. The quantitative estimate of drug-likeness (QED) is 0.769. The molecule has 2 rings (SSSR count). The van der Waals surface area contributed by atoms with Gasteiger partial charge in [0.15, 0.2) is 0 Å². The topological polar surface area (TPSA) is 38.8 Å². The molecular weight excluding hydrogens is 206 g/mol. The van der Waals surface area contributed by atoms with Gasteiger partial charge in [-0.25, -0.2) is 4.79 Å². The van der Waals surface area contributed by atoms with Gasteiger partial charge in [-0.15, -0.1) is 0 Å². The molecule has 0 atom stereocenters. The first-order valence-corrected chi connectivity index (χ1v) is 5.16. The lowest BCUT2D eigenvalue weighted by Gasteiger charge is -2.15. The van der Waals surface area contributed by atoms with E-state index in [1.165, 1.54) is 0 Å². The monoisotopic (exact) mass is 221 g/mol. The van der Waals surface area contributed by atoms with Gasteiger partial charge in [-0.1, -0.05) is 0 Å². The summed E-state index contributed by atoms with van der Waals surface area (Å²) >= 11 is 0. The maximum atomic E-state index is 11.6. The second-order valence-corrected chi connectivity index (χ2v) is 4.41. The number of hydrogen-bond acceptors (Lipinski definition) is 3. The van der Waals surface area contributed by atoms with Crippen molar-refractivity contribution in [2.45, 2.75) is 19.4 Å². The summed E-state index contributed by atoms with van der Waals surface area (Å²) in [6, 6.07) is 7.35. The third-order valence-electron chi connectivity index (χ3n) is 2.51. The van der Waals surface area contributed by atoms with Crippen molar-refractivity contribution in [1.29, 1.82) is 0 Å². The molecule has 4 nitrogen and oxygen atoms in total. The van der Waals surface area contributed by atoms with Gasteiger partial charge in [-0.2, -0.15) is 0 Å².